The van der Waals surface area contributed by atoms with Crippen LogP contribution in [-0.2, 0) is 22.7 Å². The molecule has 0 aliphatic carbocycles. The van der Waals surface area contributed by atoms with Crippen LogP contribution in [0, 0.1) is 5.92 Å². The van der Waals surface area contributed by atoms with E-state index in [1.807, 2.05) is 65.6 Å². The summed E-state index contributed by atoms with van der Waals surface area (Å²) in [6.07, 6.45) is 3.15. The van der Waals surface area contributed by atoms with Crippen LogP contribution in [0.3, 0.4) is 0 Å². The van der Waals surface area contributed by atoms with Gasteiger partial charge in [0.15, 0.2) is 0 Å². The Labute approximate surface area is 177 Å². The number of piperidine rings is 1. The smallest absolute Gasteiger partial charge is 0.410 e. The van der Waals surface area contributed by atoms with Gasteiger partial charge in [-0.05, 0) is 42.7 Å². The number of rotatable bonds is 6. The fourth-order valence-corrected chi connectivity index (χ4v) is 4.55. The minimum Gasteiger partial charge on any atom is -0.445 e. The number of carbonyl (C=O) groups excluding carboxylic acids is 2. The van der Waals surface area contributed by atoms with Crippen molar-refractivity contribution in [2.75, 3.05) is 6.54 Å². The number of hydrogen-bond donors (Lipinski definition) is 1. The third-order valence-corrected chi connectivity index (χ3v) is 5.99. The maximum atomic E-state index is 12.6. The molecule has 2 fully saturated rings. The number of carbonyl (C=O) groups is 2. The first-order chi connectivity index (χ1) is 14.7. The molecule has 2 saturated heterocycles. The van der Waals surface area contributed by atoms with E-state index in [4.69, 9.17) is 9.47 Å². The maximum Gasteiger partial charge on any atom is 0.410 e. The SMILES string of the molecule is O=C(NCC1CC2CCC(C1)N2C(=O)OCc1ccccc1)OCc1ccccc1. The number of nitrogens with one attached hydrogen (secondary N) is 1. The Morgan fingerprint density at radius 1 is 0.833 bits per heavy atom. The Balaban J connectivity index is 1.21. The predicted molar refractivity (Wildman–Crippen MR) is 113 cm³/mol. The summed E-state index contributed by atoms with van der Waals surface area (Å²) in [5.74, 6) is 0.352. The molecule has 2 amide bonds. The van der Waals surface area contributed by atoms with Crippen LogP contribution in [-0.4, -0.2) is 35.7 Å². The number of fused-ring (bicyclic) bond motifs is 2. The lowest BCUT2D eigenvalue weighted by atomic mass is 9.91. The first kappa shape index (κ1) is 20.3. The maximum absolute atomic E-state index is 12.6. The van der Waals surface area contributed by atoms with Gasteiger partial charge in [0.05, 0.1) is 0 Å². The van der Waals surface area contributed by atoms with Gasteiger partial charge in [-0.25, -0.2) is 9.59 Å². The normalized spacial score (nSPS) is 22.4. The third kappa shape index (κ3) is 5.12. The molecule has 1 N–H and O–H groups in total. The van der Waals surface area contributed by atoms with E-state index in [1.54, 1.807) is 0 Å². The number of hydrogen-bond acceptors (Lipinski definition) is 4. The lowest BCUT2D eigenvalue weighted by Crippen LogP contribution is -2.48. The van der Waals surface area contributed by atoms with Gasteiger partial charge < -0.3 is 19.7 Å². The van der Waals surface area contributed by atoms with Crippen LogP contribution in [0.1, 0.15) is 36.8 Å². The highest BCUT2D eigenvalue weighted by Gasteiger charge is 2.44. The molecule has 2 aliphatic rings. The van der Waals surface area contributed by atoms with Gasteiger partial charge in [0.25, 0.3) is 0 Å². The molecule has 2 heterocycles. The second-order valence-corrected chi connectivity index (χ2v) is 8.11. The summed E-state index contributed by atoms with van der Waals surface area (Å²) in [6, 6.07) is 19.8. The van der Waals surface area contributed by atoms with Crippen molar-refractivity contribution in [3.05, 3.63) is 71.8 Å². The minimum atomic E-state index is -0.393. The van der Waals surface area contributed by atoms with E-state index in [9.17, 15) is 9.59 Å². The van der Waals surface area contributed by atoms with E-state index in [-0.39, 0.29) is 24.8 Å². The molecule has 6 heteroatoms. The molecule has 2 atom stereocenters. The monoisotopic (exact) mass is 408 g/mol. The lowest BCUT2D eigenvalue weighted by molar-refractivity contribution is 0.0524. The second-order valence-electron chi connectivity index (χ2n) is 8.11. The fourth-order valence-electron chi connectivity index (χ4n) is 4.55. The molecule has 2 unspecified atom stereocenters. The predicted octanol–water partition coefficient (Wildman–Crippen LogP) is 4.49. The molecule has 0 saturated carbocycles. The van der Waals surface area contributed by atoms with Gasteiger partial charge in [0.1, 0.15) is 13.2 Å². The van der Waals surface area contributed by atoms with Crippen molar-refractivity contribution in [2.24, 2.45) is 5.92 Å². The van der Waals surface area contributed by atoms with Gasteiger partial charge in [0, 0.05) is 18.6 Å². The zero-order valence-electron chi connectivity index (χ0n) is 17.0. The van der Waals surface area contributed by atoms with E-state index in [0.717, 1.165) is 36.8 Å². The summed E-state index contributed by atoms with van der Waals surface area (Å²) in [7, 11) is 0. The van der Waals surface area contributed by atoms with Gasteiger partial charge >= 0.3 is 12.2 Å². The molecule has 2 bridgehead atoms. The number of benzene rings is 2. The zero-order valence-corrected chi connectivity index (χ0v) is 17.0. The van der Waals surface area contributed by atoms with Gasteiger partial charge in [-0.2, -0.15) is 0 Å². The van der Waals surface area contributed by atoms with Crippen molar-refractivity contribution in [2.45, 2.75) is 51.0 Å². The number of ether oxygens (including phenoxy) is 2. The molecule has 2 aliphatic heterocycles. The van der Waals surface area contributed by atoms with Crippen molar-refractivity contribution in [3.63, 3.8) is 0 Å². The summed E-state index contributed by atoms with van der Waals surface area (Å²) in [6.45, 7) is 1.14. The van der Waals surface area contributed by atoms with Crippen LogP contribution in [0.4, 0.5) is 9.59 Å². The Hall–Kier alpha value is -3.02. The summed E-state index contributed by atoms with van der Waals surface area (Å²) in [5.41, 5.74) is 1.96. The lowest BCUT2D eigenvalue weighted by Gasteiger charge is -2.38. The number of nitrogens with zero attached hydrogens (tertiary/aromatic N) is 1. The van der Waals surface area contributed by atoms with E-state index in [0.29, 0.717) is 19.1 Å². The minimum absolute atomic E-state index is 0.194. The Morgan fingerprint density at radius 3 is 1.93 bits per heavy atom. The standard InChI is InChI=1S/C24H28N2O4/c27-23(29-16-18-7-3-1-4-8-18)25-15-20-13-21-11-12-22(14-20)26(21)24(28)30-17-19-9-5-2-6-10-19/h1-10,20-22H,11-17H2,(H,25,27). The molecule has 4 rings (SSSR count). The van der Waals surface area contributed by atoms with Crippen LogP contribution in [0.2, 0.25) is 0 Å². The van der Waals surface area contributed by atoms with Gasteiger partial charge in [-0.15, -0.1) is 0 Å². The quantitative estimate of drug-likeness (QED) is 0.765. The summed E-state index contributed by atoms with van der Waals surface area (Å²) in [4.78, 5) is 26.6. The van der Waals surface area contributed by atoms with Crippen LogP contribution in [0.15, 0.2) is 60.7 Å². The van der Waals surface area contributed by atoms with Crippen molar-refractivity contribution in [3.8, 4) is 0 Å². The first-order valence-corrected chi connectivity index (χ1v) is 10.6. The summed E-state index contributed by atoms with van der Waals surface area (Å²) < 4.78 is 10.8. The van der Waals surface area contributed by atoms with E-state index < -0.39 is 6.09 Å². The van der Waals surface area contributed by atoms with Gasteiger partial charge in [-0.3, -0.25) is 0 Å². The van der Waals surface area contributed by atoms with E-state index >= 15 is 0 Å². The first-order valence-electron chi connectivity index (χ1n) is 10.6. The van der Waals surface area contributed by atoms with Gasteiger partial charge in [-0.1, -0.05) is 60.7 Å². The molecule has 2 aromatic rings. The highest BCUT2D eigenvalue weighted by molar-refractivity contribution is 5.69. The molecule has 2 aromatic carbocycles. The van der Waals surface area contributed by atoms with Crippen LogP contribution >= 0.6 is 0 Å². The van der Waals surface area contributed by atoms with Crippen molar-refractivity contribution >= 4 is 12.2 Å². The van der Waals surface area contributed by atoms with E-state index in [2.05, 4.69) is 5.32 Å². The molecule has 6 nitrogen and oxygen atoms in total. The third-order valence-electron chi connectivity index (χ3n) is 5.99. The van der Waals surface area contributed by atoms with Crippen molar-refractivity contribution < 1.29 is 19.1 Å². The summed E-state index contributed by atoms with van der Waals surface area (Å²) >= 11 is 0. The van der Waals surface area contributed by atoms with Crippen LogP contribution in [0.25, 0.3) is 0 Å². The van der Waals surface area contributed by atoms with Crippen LogP contribution in [0.5, 0.6) is 0 Å². The molecule has 30 heavy (non-hydrogen) atoms. The van der Waals surface area contributed by atoms with Crippen molar-refractivity contribution in [1.29, 1.82) is 0 Å². The second kappa shape index (κ2) is 9.65. The Bertz CT molecular complexity index is 829. The molecule has 0 aromatic heterocycles. The molecule has 158 valence electrons. The largest absolute Gasteiger partial charge is 0.445 e. The Morgan fingerprint density at radius 2 is 1.37 bits per heavy atom. The topological polar surface area (TPSA) is 67.9 Å². The number of amides is 2. The fraction of sp³-hybridized carbons (Fsp3) is 0.417. The zero-order chi connectivity index (χ0) is 20.8. The summed E-state index contributed by atoms with van der Waals surface area (Å²) in [5, 5.41) is 2.89. The number of alkyl carbamates (subject to hydrolysis) is 1. The van der Waals surface area contributed by atoms with Gasteiger partial charge in [0.2, 0.25) is 0 Å². The average Bonchev–Trinajstić information content (AvgIpc) is 3.06. The molecule has 0 radical (unpaired) electrons. The highest BCUT2D eigenvalue weighted by atomic mass is 16.6. The molecular weight excluding hydrogens is 380 g/mol. The van der Waals surface area contributed by atoms with Crippen molar-refractivity contribution in [1.82, 2.24) is 10.2 Å². The van der Waals surface area contributed by atoms with Crippen LogP contribution < -0.4 is 5.32 Å². The highest BCUT2D eigenvalue weighted by Crippen LogP contribution is 2.39. The molecular formula is C24H28N2O4. The molecule has 0 spiro atoms. The van der Waals surface area contributed by atoms with E-state index in [1.165, 1.54) is 0 Å². The Kier molecular flexibility index (Phi) is 6.52. The average molecular weight is 408 g/mol.